The fourth-order valence-corrected chi connectivity index (χ4v) is 5.00. The molecule has 2 fully saturated rings. The van der Waals surface area contributed by atoms with Crippen LogP contribution < -0.4 is 9.64 Å². The predicted octanol–water partition coefficient (Wildman–Crippen LogP) is 4.12. The summed E-state index contributed by atoms with van der Waals surface area (Å²) in [4.78, 5) is 34.3. The predicted molar refractivity (Wildman–Crippen MR) is 131 cm³/mol. The van der Waals surface area contributed by atoms with Gasteiger partial charge in [-0.15, -0.1) is 0 Å². The molecule has 2 aliphatic rings. The van der Waals surface area contributed by atoms with E-state index in [2.05, 4.69) is 10.1 Å². The lowest BCUT2D eigenvalue weighted by atomic mass is 9.95. The second-order valence-electron chi connectivity index (χ2n) is 9.41. The molecular formula is C27H30N4O4. The summed E-state index contributed by atoms with van der Waals surface area (Å²) in [6.45, 7) is 5.75. The molecule has 0 saturated carbocycles. The van der Waals surface area contributed by atoms with E-state index in [1.165, 1.54) is 0 Å². The van der Waals surface area contributed by atoms with Gasteiger partial charge in [0.05, 0.1) is 13.0 Å². The summed E-state index contributed by atoms with van der Waals surface area (Å²) in [6.07, 6.45) is 1.79. The Morgan fingerprint density at radius 3 is 2.54 bits per heavy atom. The minimum Gasteiger partial charge on any atom is -0.497 e. The van der Waals surface area contributed by atoms with E-state index >= 15 is 0 Å². The first kappa shape index (κ1) is 23.1. The van der Waals surface area contributed by atoms with Crippen molar-refractivity contribution >= 4 is 17.5 Å². The van der Waals surface area contributed by atoms with E-state index in [0.717, 1.165) is 41.0 Å². The van der Waals surface area contributed by atoms with Crippen molar-refractivity contribution in [3.8, 4) is 17.1 Å². The molecule has 3 heterocycles. The molecule has 1 unspecified atom stereocenters. The minimum atomic E-state index is -0.302. The number of nitrogens with zero attached hydrogens (tertiary/aromatic N) is 4. The second-order valence-corrected chi connectivity index (χ2v) is 9.41. The molecule has 2 saturated heterocycles. The fourth-order valence-electron chi connectivity index (χ4n) is 5.00. The Bertz CT molecular complexity index is 1230. The van der Waals surface area contributed by atoms with Crippen LogP contribution in [-0.4, -0.2) is 53.6 Å². The average molecular weight is 475 g/mol. The zero-order valence-corrected chi connectivity index (χ0v) is 20.4. The molecule has 8 nitrogen and oxygen atoms in total. The van der Waals surface area contributed by atoms with Crippen LogP contribution in [0.1, 0.15) is 42.2 Å². The standard InChI is InChI=1S/C27H30N4O4/c1-17-5-4-6-23(18(17)2)31-16-21(15-24(31)32)27(33)30-13-11-20(12-14-30)26-28-25(29-35-26)19-7-9-22(34-3)10-8-19/h4-10,20-21H,11-16H2,1-3H3. The molecule has 2 aliphatic heterocycles. The van der Waals surface area contributed by atoms with Crippen molar-refractivity contribution in [1.29, 1.82) is 0 Å². The number of methoxy groups -OCH3 is 1. The van der Waals surface area contributed by atoms with Crippen LogP contribution in [-0.2, 0) is 9.59 Å². The number of hydrogen-bond acceptors (Lipinski definition) is 6. The van der Waals surface area contributed by atoms with Gasteiger partial charge >= 0.3 is 0 Å². The Balaban J connectivity index is 1.19. The third-order valence-corrected chi connectivity index (χ3v) is 7.29. The number of anilines is 1. The monoisotopic (exact) mass is 474 g/mol. The van der Waals surface area contributed by atoms with Crippen molar-refractivity contribution in [3.05, 3.63) is 59.5 Å². The van der Waals surface area contributed by atoms with Crippen molar-refractivity contribution in [2.75, 3.05) is 31.6 Å². The van der Waals surface area contributed by atoms with E-state index in [9.17, 15) is 9.59 Å². The van der Waals surface area contributed by atoms with Gasteiger partial charge in [0, 0.05) is 43.2 Å². The number of piperidine rings is 1. The van der Waals surface area contributed by atoms with Gasteiger partial charge in [0.1, 0.15) is 5.75 Å². The molecule has 0 bridgehead atoms. The quantitative estimate of drug-likeness (QED) is 0.553. The first-order valence-electron chi connectivity index (χ1n) is 12.1. The summed E-state index contributed by atoms with van der Waals surface area (Å²) in [6, 6.07) is 13.5. The normalized spacial score (nSPS) is 18.8. The van der Waals surface area contributed by atoms with Gasteiger partial charge in [-0.1, -0.05) is 17.3 Å². The Morgan fingerprint density at radius 2 is 1.83 bits per heavy atom. The van der Waals surface area contributed by atoms with E-state index in [1.807, 2.05) is 61.2 Å². The number of carbonyl (C=O) groups is 2. The number of carbonyl (C=O) groups excluding carboxylic acids is 2. The van der Waals surface area contributed by atoms with E-state index in [4.69, 9.17) is 9.26 Å². The number of benzene rings is 2. The number of amides is 2. The van der Waals surface area contributed by atoms with Crippen LogP contribution in [0.5, 0.6) is 5.75 Å². The maximum Gasteiger partial charge on any atom is 0.230 e. The van der Waals surface area contributed by atoms with Crippen LogP contribution in [0, 0.1) is 19.8 Å². The molecule has 35 heavy (non-hydrogen) atoms. The SMILES string of the molecule is COc1ccc(-c2noc(C3CCN(C(=O)C4CC(=O)N(c5cccc(C)c5C)C4)CC3)n2)cc1. The lowest BCUT2D eigenvalue weighted by Crippen LogP contribution is -2.42. The first-order chi connectivity index (χ1) is 16.9. The largest absolute Gasteiger partial charge is 0.497 e. The summed E-state index contributed by atoms with van der Waals surface area (Å²) in [5.41, 5.74) is 4.01. The van der Waals surface area contributed by atoms with Gasteiger partial charge in [-0.2, -0.15) is 4.98 Å². The highest BCUT2D eigenvalue weighted by Crippen LogP contribution is 2.33. The Hall–Kier alpha value is -3.68. The maximum absolute atomic E-state index is 13.2. The molecule has 0 aliphatic carbocycles. The zero-order chi connectivity index (χ0) is 24.5. The van der Waals surface area contributed by atoms with Crippen molar-refractivity contribution < 1.29 is 18.8 Å². The summed E-state index contributed by atoms with van der Waals surface area (Å²) in [7, 11) is 1.63. The van der Waals surface area contributed by atoms with E-state index in [-0.39, 0.29) is 30.1 Å². The van der Waals surface area contributed by atoms with Crippen molar-refractivity contribution in [2.45, 2.75) is 39.0 Å². The molecule has 2 amide bonds. The highest BCUT2D eigenvalue weighted by atomic mass is 16.5. The number of rotatable bonds is 5. The van der Waals surface area contributed by atoms with E-state index < -0.39 is 0 Å². The third-order valence-electron chi connectivity index (χ3n) is 7.29. The molecular weight excluding hydrogens is 444 g/mol. The van der Waals surface area contributed by atoms with Crippen LogP contribution in [0.3, 0.4) is 0 Å². The molecule has 8 heteroatoms. The minimum absolute atomic E-state index is 0.0175. The Morgan fingerprint density at radius 1 is 1.09 bits per heavy atom. The number of ether oxygens (including phenoxy) is 1. The van der Waals surface area contributed by atoms with Crippen molar-refractivity contribution in [3.63, 3.8) is 0 Å². The lowest BCUT2D eigenvalue weighted by molar-refractivity contribution is -0.136. The van der Waals surface area contributed by atoms with Crippen molar-refractivity contribution in [2.24, 2.45) is 5.92 Å². The van der Waals surface area contributed by atoms with Crippen LogP contribution in [0.4, 0.5) is 5.69 Å². The van der Waals surface area contributed by atoms with Crippen LogP contribution in [0.25, 0.3) is 11.4 Å². The van der Waals surface area contributed by atoms with Crippen LogP contribution in [0.15, 0.2) is 47.0 Å². The first-order valence-corrected chi connectivity index (χ1v) is 12.1. The molecule has 0 spiro atoms. The molecule has 1 aromatic heterocycles. The van der Waals surface area contributed by atoms with Gasteiger partial charge in [-0.25, -0.2) is 0 Å². The highest BCUT2D eigenvalue weighted by molar-refractivity contribution is 6.01. The molecule has 2 aromatic carbocycles. The number of hydrogen-bond donors (Lipinski definition) is 0. The average Bonchev–Trinajstić information content (AvgIpc) is 3.53. The third kappa shape index (κ3) is 4.52. The van der Waals surface area contributed by atoms with Gasteiger partial charge < -0.3 is 19.1 Å². The smallest absolute Gasteiger partial charge is 0.230 e. The molecule has 5 rings (SSSR count). The summed E-state index contributed by atoms with van der Waals surface area (Å²) < 4.78 is 10.8. The van der Waals surface area contributed by atoms with Crippen molar-refractivity contribution in [1.82, 2.24) is 15.0 Å². The van der Waals surface area contributed by atoms with Gasteiger partial charge in [-0.3, -0.25) is 9.59 Å². The van der Waals surface area contributed by atoms with Gasteiger partial charge in [-0.05, 0) is 68.1 Å². The molecule has 0 radical (unpaired) electrons. The van der Waals surface area contributed by atoms with Crippen LogP contribution >= 0.6 is 0 Å². The number of aromatic nitrogens is 2. The highest BCUT2D eigenvalue weighted by Gasteiger charge is 2.39. The molecule has 3 aromatic rings. The maximum atomic E-state index is 13.2. The molecule has 182 valence electrons. The summed E-state index contributed by atoms with van der Waals surface area (Å²) in [5.74, 6) is 1.84. The van der Waals surface area contributed by atoms with E-state index in [0.29, 0.717) is 31.3 Å². The number of aryl methyl sites for hydroxylation is 1. The second kappa shape index (κ2) is 9.52. The lowest BCUT2D eigenvalue weighted by Gasteiger charge is -2.32. The van der Waals surface area contributed by atoms with Gasteiger partial charge in [0.15, 0.2) is 0 Å². The summed E-state index contributed by atoms with van der Waals surface area (Å²) >= 11 is 0. The van der Waals surface area contributed by atoms with Crippen LogP contribution in [0.2, 0.25) is 0 Å². The molecule has 1 atom stereocenters. The van der Waals surface area contributed by atoms with Gasteiger partial charge in [0.2, 0.25) is 23.5 Å². The Kier molecular flexibility index (Phi) is 6.28. The summed E-state index contributed by atoms with van der Waals surface area (Å²) in [5, 5.41) is 4.14. The van der Waals surface area contributed by atoms with E-state index in [1.54, 1.807) is 12.0 Å². The topological polar surface area (TPSA) is 88.8 Å². The Labute approximate surface area is 204 Å². The van der Waals surface area contributed by atoms with Gasteiger partial charge in [0.25, 0.3) is 0 Å². The number of likely N-dealkylation sites (tertiary alicyclic amines) is 1. The molecule has 0 N–H and O–H groups in total. The fraction of sp³-hybridized carbons (Fsp3) is 0.407. The zero-order valence-electron chi connectivity index (χ0n) is 20.4.